The van der Waals surface area contributed by atoms with Gasteiger partial charge in [0.15, 0.2) is 0 Å². The van der Waals surface area contributed by atoms with Gasteiger partial charge in [0.05, 0.1) is 17.7 Å². The molecule has 0 bridgehead atoms. The largest absolute Gasteiger partial charge is 0.478 e. The SMILES string of the molecule is CC(=O)Oc1ccc(CC(=O)Nc2cccc(/C=C/c3nc(C4CCC4)cs3)c2)c(C(=O)O)c1. The van der Waals surface area contributed by atoms with Gasteiger partial charge in [-0.3, -0.25) is 9.59 Å². The highest BCUT2D eigenvalue weighted by molar-refractivity contribution is 7.10. The number of aromatic nitrogens is 1. The number of ether oxygens (including phenoxy) is 1. The maximum atomic E-state index is 12.6. The Morgan fingerprint density at radius 1 is 1.18 bits per heavy atom. The molecule has 174 valence electrons. The Morgan fingerprint density at radius 3 is 2.71 bits per heavy atom. The van der Waals surface area contributed by atoms with Crippen molar-refractivity contribution in [2.24, 2.45) is 0 Å². The van der Waals surface area contributed by atoms with E-state index in [0.717, 1.165) is 10.6 Å². The second-order valence-electron chi connectivity index (χ2n) is 8.14. The Labute approximate surface area is 201 Å². The molecule has 0 aliphatic heterocycles. The number of aromatic carboxylic acids is 1. The fraction of sp³-hybridized carbons (Fsp3) is 0.231. The molecule has 2 aromatic carbocycles. The minimum atomic E-state index is -1.20. The number of esters is 1. The zero-order chi connectivity index (χ0) is 24.1. The molecule has 1 aromatic heterocycles. The van der Waals surface area contributed by atoms with Crippen LogP contribution in [0.2, 0.25) is 0 Å². The van der Waals surface area contributed by atoms with Gasteiger partial charge < -0.3 is 15.2 Å². The van der Waals surface area contributed by atoms with Crippen LogP contribution >= 0.6 is 11.3 Å². The number of nitrogens with zero attached hydrogens (tertiary/aromatic N) is 1. The minimum absolute atomic E-state index is 0.0877. The van der Waals surface area contributed by atoms with Crippen molar-refractivity contribution in [3.63, 3.8) is 0 Å². The summed E-state index contributed by atoms with van der Waals surface area (Å²) in [6, 6.07) is 11.6. The molecule has 0 radical (unpaired) electrons. The quantitative estimate of drug-likeness (QED) is 0.334. The molecule has 1 aliphatic carbocycles. The minimum Gasteiger partial charge on any atom is -0.478 e. The molecule has 1 aliphatic rings. The van der Waals surface area contributed by atoms with Crippen LogP contribution in [-0.4, -0.2) is 27.9 Å². The summed E-state index contributed by atoms with van der Waals surface area (Å²) in [6.07, 6.45) is 7.51. The van der Waals surface area contributed by atoms with Gasteiger partial charge in [-0.05, 0) is 54.3 Å². The highest BCUT2D eigenvalue weighted by Crippen LogP contribution is 2.36. The van der Waals surface area contributed by atoms with Crippen LogP contribution < -0.4 is 10.1 Å². The summed E-state index contributed by atoms with van der Waals surface area (Å²) in [5.74, 6) is -1.38. The molecule has 4 rings (SSSR count). The van der Waals surface area contributed by atoms with E-state index in [1.54, 1.807) is 17.4 Å². The Hall–Kier alpha value is -3.78. The predicted octanol–water partition coefficient (Wildman–Crippen LogP) is 5.39. The van der Waals surface area contributed by atoms with Crippen LogP contribution in [-0.2, 0) is 16.0 Å². The highest BCUT2D eigenvalue weighted by atomic mass is 32.1. The third-order valence-electron chi connectivity index (χ3n) is 5.58. The van der Waals surface area contributed by atoms with E-state index in [9.17, 15) is 19.5 Å². The second-order valence-corrected chi connectivity index (χ2v) is 9.03. The normalized spacial score (nSPS) is 13.4. The van der Waals surface area contributed by atoms with Crippen molar-refractivity contribution >= 4 is 47.0 Å². The van der Waals surface area contributed by atoms with Crippen LogP contribution in [0.15, 0.2) is 47.8 Å². The van der Waals surface area contributed by atoms with Gasteiger partial charge in [-0.1, -0.05) is 30.7 Å². The second kappa shape index (κ2) is 10.4. The van der Waals surface area contributed by atoms with E-state index in [2.05, 4.69) is 10.7 Å². The fourth-order valence-electron chi connectivity index (χ4n) is 3.67. The fourth-order valence-corrected chi connectivity index (χ4v) is 4.46. The molecule has 1 saturated carbocycles. The first-order chi connectivity index (χ1) is 16.4. The maximum Gasteiger partial charge on any atom is 0.336 e. The molecule has 0 spiro atoms. The Balaban J connectivity index is 1.41. The van der Waals surface area contributed by atoms with E-state index in [-0.39, 0.29) is 23.6 Å². The number of hydrogen-bond donors (Lipinski definition) is 2. The summed E-state index contributed by atoms with van der Waals surface area (Å²) in [5, 5.41) is 15.4. The van der Waals surface area contributed by atoms with Crippen LogP contribution in [0.1, 0.15) is 64.3 Å². The van der Waals surface area contributed by atoms with Crippen molar-refractivity contribution in [3.8, 4) is 5.75 Å². The summed E-state index contributed by atoms with van der Waals surface area (Å²) in [7, 11) is 0. The lowest BCUT2D eigenvalue weighted by molar-refractivity contribution is -0.131. The average molecular weight is 477 g/mol. The number of thiazole rings is 1. The van der Waals surface area contributed by atoms with Gasteiger partial charge in [-0.15, -0.1) is 11.3 Å². The van der Waals surface area contributed by atoms with Crippen LogP contribution in [0.4, 0.5) is 5.69 Å². The van der Waals surface area contributed by atoms with Crippen molar-refractivity contribution < 1.29 is 24.2 Å². The molecule has 2 N–H and O–H groups in total. The van der Waals surface area contributed by atoms with Gasteiger partial charge in [0.25, 0.3) is 0 Å². The van der Waals surface area contributed by atoms with Gasteiger partial charge >= 0.3 is 11.9 Å². The Bertz CT molecular complexity index is 1260. The molecule has 0 unspecified atom stereocenters. The molecule has 8 heteroatoms. The number of carboxylic acids is 1. The van der Waals surface area contributed by atoms with Crippen LogP contribution in [0.25, 0.3) is 12.2 Å². The lowest BCUT2D eigenvalue weighted by Gasteiger charge is -2.22. The van der Waals surface area contributed by atoms with Gasteiger partial charge in [-0.25, -0.2) is 9.78 Å². The van der Waals surface area contributed by atoms with Crippen molar-refractivity contribution in [1.82, 2.24) is 4.98 Å². The standard InChI is InChI=1S/C26H24N2O5S/c1-16(29)33-21-10-9-19(22(14-21)26(31)32)13-24(30)27-20-7-2-4-17(12-20)8-11-25-28-23(15-34-25)18-5-3-6-18/h2,4,7-12,14-15,18H,3,5-6,13H2,1H3,(H,27,30)(H,31,32)/b11-8+. The van der Waals surface area contributed by atoms with Crippen LogP contribution in [0, 0.1) is 0 Å². The summed E-state index contributed by atoms with van der Waals surface area (Å²) in [4.78, 5) is 40.0. The van der Waals surface area contributed by atoms with E-state index < -0.39 is 11.9 Å². The lowest BCUT2D eigenvalue weighted by atomic mass is 9.83. The summed E-state index contributed by atoms with van der Waals surface area (Å²) < 4.78 is 4.94. The third kappa shape index (κ3) is 5.96. The smallest absolute Gasteiger partial charge is 0.336 e. The summed E-state index contributed by atoms with van der Waals surface area (Å²) >= 11 is 1.63. The number of benzene rings is 2. The first-order valence-electron chi connectivity index (χ1n) is 11.0. The number of hydrogen-bond acceptors (Lipinski definition) is 6. The van der Waals surface area contributed by atoms with E-state index in [0.29, 0.717) is 17.2 Å². The lowest BCUT2D eigenvalue weighted by Crippen LogP contribution is -2.16. The third-order valence-corrected chi connectivity index (χ3v) is 6.40. The van der Waals surface area contributed by atoms with Crippen LogP contribution in [0.5, 0.6) is 5.75 Å². The van der Waals surface area contributed by atoms with Crippen LogP contribution in [0.3, 0.4) is 0 Å². The molecule has 1 amide bonds. The number of amides is 1. The Morgan fingerprint density at radius 2 is 2.00 bits per heavy atom. The maximum absolute atomic E-state index is 12.6. The molecule has 1 heterocycles. The molecule has 7 nitrogen and oxygen atoms in total. The highest BCUT2D eigenvalue weighted by Gasteiger charge is 2.21. The van der Waals surface area contributed by atoms with E-state index in [1.165, 1.54) is 50.1 Å². The zero-order valence-electron chi connectivity index (χ0n) is 18.6. The molecule has 34 heavy (non-hydrogen) atoms. The molecule has 1 fully saturated rings. The van der Waals surface area contributed by atoms with Gasteiger partial charge in [0, 0.05) is 23.9 Å². The molecule has 3 aromatic rings. The molecule has 0 atom stereocenters. The first-order valence-corrected chi connectivity index (χ1v) is 11.8. The number of carboxylic acid groups (broad SMARTS) is 1. The van der Waals surface area contributed by atoms with Crippen molar-refractivity contribution in [3.05, 3.63) is 75.2 Å². The molecular formula is C26H24N2O5S. The number of rotatable bonds is 8. The van der Waals surface area contributed by atoms with Crippen molar-refractivity contribution in [2.45, 2.75) is 38.5 Å². The zero-order valence-corrected chi connectivity index (χ0v) is 19.4. The molecule has 0 saturated heterocycles. The Kier molecular flexibility index (Phi) is 7.18. The number of carbonyl (C=O) groups excluding carboxylic acids is 2. The van der Waals surface area contributed by atoms with Crippen molar-refractivity contribution in [1.29, 1.82) is 0 Å². The summed E-state index contributed by atoms with van der Waals surface area (Å²) in [6.45, 7) is 1.23. The topological polar surface area (TPSA) is 106 Å². The number of nitrogens with one attached hydrogen (secondary N) is 1. The van der Waals surface area contributed by atoms with Gasteiger partial charge in [0.1, 0.15) is 10.8 Å². The average Bonchev–Trinajstić information content (AvgIpc) is 3.20. The van der Waals surface area contributed by atoms with Crippen molar-refractivity contribution in [2.75, 3.05) is 5.32 Å². The summed E-state index contributed by atoms with van der Waals surface area (Å²) in [5.41, 5.74) is 2.93. The van der Waals surface area contributed by atoms with E-state index in [4.69, 9.17) is 9.72 Å². The van der Waals surface area contributed by atoms with Gasteiger partial charge in [-0.2, -0.15) is 0 Å². The van der Waals surface area contributed by atoms with E-state index >= 15 is 0 Å². The number of carbonyl (C=O) groups is 3. The predicted molar refractivity (Wildman–Crippen MR) is 131 cm³/mol. The number of anilines is 1. The molecular weight excluding hydrogens is 452 g/mol. The van der Waals surface area contributed by atoms with Gasteiger partial charge in [0.2, 0.25) is 5.91 Å². The monoisotopic (exact) mass is 476 g/mol. The first kappa shape index (κ1) is 23.4. The van der Waals surface area contributed by atoms with E-state index in [1.807, 2.05) is 30.4 Å².